The maximum absolute atomic E-state index is 13.0. The van der Waals surface area contributed by atoms with Crippen molar-refractivity contribution in [2.75, 3.05) is 50.6 Å². The molecule has 5 rings (SSSR count). The maximum atomic E-state index is 13.0. The van der Waals surface area contributed by atoms with Crippen LogP contribution in [0.2, 0.25) is 0 Å². The molecule has 0 atom stereocenters. The number of rotatable bonds is 5. The molecule has 34 heavy (non-hydrogen) atoms. The van der Waals surface area contributed by atoms with Gasteiger partial charge >= 0.3 is 0 Å². The number of nitrogens with one attached hydrogen (secondary N) is 1. The smallest absolute Gasteiger partial charge is 0.270 e. The average Bonchev–Trinajstić information content (AvgIpc) is 3.39. The molecule has 1 aliphatic carbocycles. The number of fused-ring (bicyclic) bond motifs is 1. The Labute approximate surface area is 198 Å². The fourth-order valence-corrected chi connectivity index (χ4v) is 4.93. The normalized spacial score (nSPS) is 17.1. The van der Waals surface area contributed by atoms with E-state index in [1.165, 1.54) is 0 Å². The topological polar surface area (TPSA) is 99.3 Å². The Morgan fingerprint density at radius 1 is 1.15 bits per heavy atom. The van der Waals surface area contributed by atoms with Crippen molar-refractivity contribution in [3.8, 4) is 11.8 Å². The highest BCUT2D eigenvalue weighted by Crippen LogP contribution is 2.33. The Kier molecular flexibility index (Phi) is 6.07. The molecule has 0 radical (unpaired) electrons. The van der Waals surface area contributed by atoms with Gasteiger partial charge in [-0.25, -0.2) is 4.98 Å². The molecule has 3 heterocycles. The Balaban J connectivity index is 1.48. The van der Waals surface area contributed by atoms with Crippen molar-refractivity contribution >= 4 is 28.4 Å². The number of nitrogens with zero attached hydrogens (tertiary/aromatic N) is 6. The van der Waals surface area contributed by atoms with Crippen molar-refractivity contribution in [1.29, 1.82) is 5.26 Å². The highest BCUT2D eigenvalue weighted by molar-refractivity contribution is 5.78. The van der Waals surface area contributed by atoms with E-state index >= 15 is 0 Å². The summed E-state index contributed by atoms with van der Waals surface area (Å²) < 4.78 is 7.36. The molecule has 2 aromatic heterocycles. The minimum absolute atomic E-state index is 0.0588. The quantitative estimate of drug-likeness (QED) is 0.621. The van der Waals surface area contributed by atoms with Gasteiger partial charge in [0, 0.05) is 55.6 Å². The molecule has 1 aliphatic heterocycles. The molecule has 9 nitrogen and oxygen atoms in total. The summed E-state index contributed by atoms with van der Waals surface area (Å²) in [4.78, 5) is 26.8. The van der Waals surface area contributed by atoms with Crippen LogP contribution in [0.25, 0.3) is 11.0 Å². The maximum Gasteiger partial charge on any atom is 0.270 e. The summed E-state index contributed by atoms with van der Waals surface area (Å²) in [5.41, 5.74) is 2.28. The molecule has 1 aromatic carbocycles. The van der Waals surface area contributed by atoms with Crippen LogP contribution in [0.1, 0.15) is 37.3 Å². The fourth-order valence-electron chi connectivity index (χ4n) is 4.93. The zero-order valence-electron chi connectivity index (χ0n) is 19.6. The summed E-state index contributed by atoms with van der Waals surface area (Å²) in [6, 6.07) is 9.75. The van der Waals surface area contributed by atoms with Crippen molar-refractivity contribution in [3.63, 3.8) is 0 Å². The minimum atomic E-state index is -0.277. The van der Waals surface area contributed by atoms with Gasteiger partial charge in [0.2, 0.25) is 5.95 Å². The molecule has 1 N–H and O–H groups in total. The lowest BCUT2D eigenvalue weighted by Gasteiger charge is -2.34. The molecule has 2 fully saturated rings. The Morgan fingerprint density at radius 3 is 2.62 bits per heavy atom. The van der Waals surface area contributed by atoms with Crippen LogP contribution < -0.4 is 20.5 Å². The number of aromatic nitrogens is 3. The van der Waals surface area contributed by atoms with Crippen LogP contribution in [0.4, 0.5) is 17.3 Å². The predicted molar refractivity (Wildman–Crippen MR) is 132 cm³/mol. The third-order valence-electron chi connectivity index (χ3n) is 6.88. The number of pyridine rings is 1. The number of hydrogen-bond acceptors (Lipinski definition) is 8. The van der Waals surface area contributed by atoms with Crippen LogP contribution in [0.5, 0.6) is 5.75 Å². The molecule has 1 saturated carbocycles. The van der Waals surface area contributed by atoms with E-state index in [1.54, 1.807) is 23.9 Å². The summed E-state index contributed by atoms with van der Waals surface area (Å²) in [5.74, 6) is 1.09. The van der Waals surface area contributed by atoms with Gasteiger partial charge in [-0.05, 0) is 38.1 Å². The lowest BCUT2D eigenvalue weighted by atomic mass is 10.2. The lowest BCUT2D eigenvalue weighted by Crippen LogP contribution is -2.44. The highest BCUT2D eigenvalue weighted by atomic mass is 16.5. The van der Waals surface area contributed by atoms with Crippen LogP contribution in [-0.4, -0.2) is 59.8 Å². The van der Waals surface area contributed by atoms with Gasteiger partial charge in [0.1, 0.15) is 23.0 Å². The second kappa shape index (κ2) is 9.31. The first kappa shape index (κ1) is 22.2. The summed E-state index contributed by atoms with van der Waals surface area (Å²) in [5, 5.41) is 13.4. The number of likely N-dealkylation sites (N-methyl/N-ethyl adjacent to an activating group) is 1. The van der Waals surface area contributed by atoms with Gasteiger partial charge in [-0.1, -0.05) is 12.8 Å². The Morgan fingerprint density at radius 2 is 1.91 bits per heavy atom. The van der Waals surface area contributed by atoms with E-state index < -0.39 is 0 Å². The second-order valence-corrected chi connectivity index (χ2v) is 9.06. The molecule has 0 spiro atoms. The number of piperazine rings is 1. The van der Waals surface area contributed by atoms with Gasteiger partial charge in [-0.3, -0.25) is 9.36 Å². The van der Waals surface area contributed by atoms with Gasteiger partial charge in [0.25, 0.3) is 5.56 Å². The van der Waals surface area contributed by atoms with Crippen molar-refractivity contribution in [2.45, 2.75) is 31.7 Å². The van der Waals surface area contributed by atoms with Gasteiger partial charge in [-0.15, -0.1) is 0 Å². The first-order chi connectivity index (χ1) is 16.6. The van der Waals surface area contributed by atoms with Crippen LogP contribution in [0, 0.1) is 11.3 Å². The molecule has 3 aromatic rings. The molecule has 0 unspecified atom stereocenters. The summed E-state index contributed by atoms with van der Waals surface area (Å²) in [6.45, 7) is 4.01. The molecule has 0 bridgehead atoms. The lowest BCUT2D eigenvalue weighted by molar-refractivity contribution is 0.312. The van der Waals surface area contributed by atoms with E-state index in [1.807, 2.05) is 18.2 Å². The van der Waals surface area contributed by atoms with Crippen molar-refractivity contribution in [2.24, 2.45) is 0 Å². The number of hydrogen-bond donors (Lipinski definition) is 1. The van der Waals surface area contributed by atoms with Crippen LogP contribution >= 0.6 is 0 Å². The molecule has 0 amide bonds. The van der Waals surface area contributed by atoms with E-state index in [0.717, 1.165) is 63.2 Å². The Hall–Kier alpha value is -3.64. The van der Waals surface area contributed by atoms with Gasteiger partial charge in [-0.2, -0.15) is 10.2 Å². The van der Waals surface area contributed by atoms with Crippen LogP contribution in [0.15, 0.2) is 35.3 Å². The largest absolute Gasteiger partial charge is 0.494 e. The molecule has 9 heteroatoms. The number of benzene rings is 1. The third-order valence-corrected chi connectivity index (χ3v) is 6.88. The molecule has 1 saturated heterocycles. The van der Waals surface area contributed by atoms with Gasteiger partial charge in [0.05, 0.1) is 12.8 Å². The number of anilines is 3. The number of ether oxygens (including phenoxy) is 1. The number of nitriles is 1. The fraction of sp³-hybridized carbons (Fsp3) is 0.440. The van der Waals surface area contributed by atoms with E-state index in [9.17, 15) is 10.1 Å². The van der Waals surface area contributed by atoms with Gasteiger partial charge < -0.3 is 19.9 Å². The third kappa shape index (κ3) is 4.17. The summed E-state index contributed by atoms with van der Waals surface area (Å²) in [7, 11) is 3.79. The predicted octanol–water partition coefficient (Wildman–Crippen LogP) is 3.28. The van der Waals surface area contributed by atoms with Crippen molar-refractivity contribution in [3.05, 3.63) is 46.4 Å². The zero-order valence-corrected chi connectivity index (χ0v) is 19.6. The molecular weight excluding hydrogens is 430 g/mol. The van der Waals surface area contributed by atoms with Crippen LogP contribution in [-0.2, 0) is 0 Å². The molecule has 2 aliphatic rings. The van der Waals surface area contributed by atoms with E-state index in [4.69, 9.17) is 9.72 Å². The zero-order chi connectivity index (χ0) is 23.7. The van der Waals surface area contributed by atoms with E-state index in [0.29, 0.717) is 22.7 Å². The summed E-state index contributed by atoms with van der Waals surface area (Å²) in [6.07, 6.45) is 5.64. The summed E-state index contributed by atoms with van der Waals surface area (Å²) >= 11 is 0. The SMILES string of the molecule is COc1cc(N2CCN(C)CC2)ccc1Nc1ncc2cc(C#N)c(=O)n(C3CCCC3)c2n1. The van der Waals surface area contributed by atoms with Crippen LogP contribution in [0.3, 0.4) is 0 Å². The molecular formula is C25H29N7O2. The minimum Gasteiger partial charge on any atom is -0.494 e. The number of methoxy groups -OCH3 is 1. The van der Waals surface area contributed by atoms with E-state index in [-0.39, 0.29) is 17.2 Å². The monoisotopic (exact) mass is 459 g/mol. The Bertz CT molecular complexity index is 1300. The standard InChI is InChI=1S/C25H29N7O2/c1-30-9-11-31(12-10-30)20-7-8-21(22(14-20)34-2)28-25-27-16-18-13-17(15-26)24(33)32(23(18)29-25)19-5-3-4-6-19/h7-8,13-14,16,19H,3-6,9-12H2,1-2H3,(H,27,28,29). The van der Waals surface area contributed by atoms with Crippen molar-refractivity contribution < 1.29 is 4.74 Å². The second-order valence-electron chi connectivity index (χ2n) is 9.06. The first-order valence-electron chi connectivity index (χ1n) is 11.8. The first-order valence-corrected chi connectivity index (χ1v) is 11.8. The highest BCUT2D eigenvalue weighted by Gasteiger charge is 2.23. The average molecular weight is 460 g/mol. The van der Waals surface area contributed by atoms with Gasteiger partial charge in [0.15, 0.2) is 0 Å². The van der Waals surface area contributed by atoms with Crippen molar-refractivity contribution in [1.82, 2.24) is 19.4 Å². The van der Waals surface area contributed by atoms with E-state index in [2.05, 4.69) is 33.2 Å². The molecule has 176 valence electrons.